The van der Waals surface area contributed by atoms with E-state index in [2.05, 4.69) is 86.4 Å². The number of carbonyl (C=O) groups is 2. The van der Waals surface area contributed by atoms with E-state index in [1.807, 2.05) is 24.3 Å². The van der Waals surface area contributed by atoms with Gasteiger partial charge >= 0.3 is 0 Å². The van der Waals surface area contributed by atoms with Crippen molar-refractivity contribution >= 4 is 80.1 Å². The molecular weight excluding hydrogens is 833 g/mol. The van der Waals surface area contributed by atoms with E-state index in [0.717, 1.165) is 75.4 Å². The second-order valence-corrected chi connectivity index (χ2v) is 19.2. The number of pyridine rings is 1. The fourth-order valence-corrected chi connectivity index (χ4v) is 9.40. The largest absolute Gasteiger partial charge is 0.494 e. The van der Waals surface area contributed by atoms with E-state index in [1.54, 1.807) is 45.2 Å². The highest BCUT2D eigenvalue weighted by molar-refractivity contribution is 9.10. The number of aromatic nitrogens is 5. The molecule has 2 amide bonds. The summed E-state index contributed by atoms with van der Waals surface area (Å²) in [6, 6.07) is 12.3. The molecule has 5 heterocycles. The van der Waals surface area contributed by atoms with E-state index >= 15 is 0 Å². The molecule has 2 aliphatic heterocycles. The van der Waals surface area contributed by atoms with Crippen molar-refractivity contribution in [3.8, 4) is 5.75 Å². The number of nitrogens with zero attached hydrogens (tertiary/aromatic N) is 6. The molecule has 0 spiro atoms. The molecule has 3 aromatic heterocycles. The van der Waals surface area contributed by atoms with E-state index < -0.39 is 7.14 Å². The number of ether oxygens (including phenoxy) is 1. The summed E-state index contributed by atoms with van der Waals surface area (Å²) in [6.07, 6.45) is 11.3. The Morgan fingerprint density at radius 3 is 2.47 bits per heavy atom. The van der Waals surface area contributed by atoms with Crippen molar-refractivity contribution < 1.29 is 18.9 Å². The van der Waals surface area contributed by atoms with Crippen LogP contribution in [0.5, 0.6) is 5.75 Å². The van der Waals surface area contributed by atoms with Crippen LogP contribution in [-0.4, -0.2) is 95.9 Å². The predicted octanol–water partition coefficient (Wildman–Crippen LogP) is 5.79. The fraction of sp³-hybridized carbons (Fsp3) is 0.405. The number of hydrogen-bond donors (Lipinski definition) is 5. The summed E-state index contributed by atoms with van der Waals surface area (Å²) in [5.74, 6) is 0.824. The normalized spacial score (nSPS) is 16.3. The lowest BCUT2D eigenvalue weighted by atomic mass is 9.91. The number of methoxy groups -OCH3 is 1. The minimum absolute atomic E-state index is 0.207. The average molecular weight is 885 g/mol. The zero-order valence-electron chi connectivity index (χ0n) is 33.8. The van der Waals surface area contributed by atoms with E-state index in [1.165, 1.54) is 11.3 Å². The van der Waals surface area contributed by atoms with Crippen molar-refractivity contribution in [3.05, 3.63) is 82.5 Å². The van der Waals surface area contributed by atoms with Crippen molar-refractivity contribution in [2.24, 2.45) is 0 Å². The van der Waals surface area contributed by atoms with Gasteiger partial charge in [-0.2, -0.15) is 4.98 Å². The Labute approximate surface area is 352 Å². The van der Waals surface area contributed by atoms with Gasteiger partial charge in [0.25, 0.3) is 0 Å². The molecule has 5 N–H and O–H groups in total. The number of amides is 2. The molecule has 17 heteroatoms. The molecule has 310 valence electrons. The number of aryl methyl sites for hydroxylation is 1. The van der Waals surface area contributed by atoms with Crippen LogP contribution in [0.25, 0.3) is 11.0 Å². The number of halogens is 1. The lowest BCUT2D eigenvalue weighted by Crippen LogP contribution is -2.44. The van der Waals surface area contributed by atoms with Crippen LogP contribution in [-0.2, 0) is 27.0 Å². The maximum atomic E-state index is 13.5. The van der Waals surface area contributed by atoms with Gasteiger partial charge in [0.15, 0.2) is 0 Å². The van der Waals surface area contributed by atoms with Crippen LogP contribution in [0.2, 0.25) is 0 Å². The Morgan fingerprint density at radius 1 is 0.932 bits per heavy atom. The summed E-state index contributed by atoms with van der Waals surface area (Å²) >= 11 is 3.59. The van der Waals surface area contributed by atoms with Crippen LogP contribution in [0, 0.1) is 0 Å². The molecule has 59 heavy (non-hydrogen) atoms. The number of carbonyl (C=O) groups excluding carboxylic acids is 2. The highest BCUT2D eigenvalue weighted by Crippen LogP contribution is 2.42. The van der Waals surface area contributed by atoms with Crippen LogP contribution >= 0.6 is 23.1 Å². The maximum Gasteiger partial charge on any atom is 0.234 e. The monoisotopic (exact) mass is 883 g/mol. The van der Waals surface area contributed by atoms with Gasteiger partial charge in [0.2, 0.25) is 17.8 Å². The number of hydrogen-bond acceptors (Lipinski definition) is 14. The van der Waals surface area contributed by atoms with Crippen LogP contribution in [0.3, 0.4) is 0 Å². The minimum Gasteiger partial charge on any atom is -0.494 e. The van der Waals surface area contributed by atoms with Crippen molar-refractivity contribution in [2.75, 3.05) is 68.7 Å². The molecule has 1 unspecified atom stereocenters. The van der Waals surface area contributed by atoms with Crippen molar-refractivity contribution in [3.63, 3.8) is 0 Å². The van der Waals surface area contributed by atoms with E-state index in [0.29, 0.717) is 62.9 Å². The van der Waals surface area contributed by atoms with E-state index in [4.69, 9.17) is 9.72 Å². The SMILES string of the molecule is CCc1cc(Nc2ncc(Br)c(Nc3ccc4nccnc4c3P(C)(C)=O)n2)c(OC)cc1N1CCC(NCCNCCc2ccc(C3CCC(=O)NC3=O)cn2)CC1. The van der Waals surface area contributed by atoms with Crippen molar-refractivity contribution in [1.29, 1.82) is 0 Å². The van der Waals surface area contributed by atoms with Crippen molar-refractivity contribution in [1.82, 2.24) is 40.9 Å². The quantitative estimate of drug-likeness (QED) is 0.0455. The van der Waals surface area contributed by atoms with Gasteiger partial charge in [-0.25, -0.2) is 4.98 Å². The van der Waals surface area contributed by atoms with Crippen molar-refractivity contribution in [2.45, 2.75) is 57.4 Å². The number of anilines is 5. The Hall–Kier alpha value is -5.02. The van der Waals surface area contributed by atoms with Crippen LogP contribution in [0.4, 0.5) is 28.8 Å². The fourth-order valence-electron chi connectivity index (χ4n) is 7.72. The molecule has 15 nitrogen and oxygen atoms in total. The predicted molar refractivity (Wildman–Crippen MR) is 236 cm³/mol. The van der Waals surface area contributed by atoms with Gasteiger partial charge in [0.1, 0.15) is 24.2 Å². The summed E-state index contributed by atoms with van der Waals surface area (Å²) in [5, 5.41) is 17.0. The molecule has 2 saturated heterocycles. The molecule has 7 rings (SSSR count). The lowest BCUT2D eigenvalue weighted by molar-refractivity contribution is -0.134. The highest BCUT2D eigenvalue weighted by Gasteiger charge is 2.28. The topological polar surface area (TPSA) is 188 Å². The Bertz CT molecular complexity index is 2350. The highest BCUT2D eigenvalue weighted by atomic mass is 79.9. The summed E-state index contributed by atoms with van der Waals surface area (Å²) < 4.78 is 20.0. The third-order valence-corrected chi connectivity index (χ3v) is 12.9. The van der Waals surface area contributed by atoms with Gasteiger partial charge in [0.05, 0.1) is 39.7 Å². The molecular formula is C42H51BrN11O4P. The number of imide groups is 1. The lowest BCUT2D eigenvalue weighted by Gasteiger charge is -2.35. The van der Waals surface area contributed by atoms with E-state index in [-0.39, 0.29) is 17.7 Å². The first-order valence-electron chi connectivity index (χ1n) is 20.0. The molecule has 5 aromatic rings. The Morgan fingerprint density at radius 2 is 1.75 bits per heavy atom. The number of benzene rings is 2. The standard InChI is InChI=1S/C42H51BrN11O4P/c1-5-26-22-34(51-42-49-25-31(43)40(53-42)50-33-10-9-32-38(47-19-18-46-32)39(33)59(3,4)57)36(58-2)23-35(26)54-20-13-29(14-21-54)45-17-16-44-15-12-28-7-6-27(24-48-28)30-8-11-37(55)52-41(30)56/h6-7,9-10,18-19,22-25,29-30,44-45H,5,8,11-17,20-21H2,1-4H3,(H,52,55,56)(H2,49,50,51,53). The number of fused-ring (bicyclic) bond motifs is 1. The smallest absolute Gasteiger partial charge is 0.234 e. The molecule has 0 radical (unpaired) electrons. The van der Waals surface area contributed by atoms with Gasteiger partial charge in [0, 0.05) is 93.8 Å². The molecule has 0 bridgehead atoms. The summed E-state index contributed by atoms with van der Waals surface area (Å²) in [7, 11) is -1.10. The minimum atomic E-state index is -2.77. The van der Waals surface area contributed by atoms with Gasteiger partial charge in [-0.15, -0.1) is 0 Å². The van der Waals surface area contributed by atoms with Gasteiger partial charge in [-0.3, -0.25) is 29.9 Å². The number of nitrogens with one attached hydrogen (secondary N) is 5. The zero-order chi connectivity index (χ0) is 41.5. The van der Waals surface area contributed by atoms with Crippen LogP contribution in [0.1, 0.15) is 55.3 Å². The average Bonchev–Trinajstić information content (AvgIpc) is 3.23. The molecule has 0 saturated carbocycles. The first-order chi connectivity index (χ1) is 28.5. The second-order valence-electron chi connectivity index (χ2n) is 15.2. The second kappa shape index (κ2) is 18.9. The van der Waals surface area contributed by atoms with Gasteiger partial charge in [-0.1, -0.05) is 13.0 Å². The summed E-state index contributed by atoms with van der Waals surface area (Å²) in [6.45, 7) is 10.0. The molecule has 2 aromatic carbocycles. The van der Waals surface area contributed by atoms with Crippen LogP contribution < -0.4 is 41.5 Å². The van der Waals surface area contributed by atoms with Crippen LogP contribution in [0.15, 0.2) is 65.7 Å². The molecule has 2 fully saturated rings. The van der Waals surface area contributed by atoms with Gasteiger partial charge < -0.3 is 35.5 Å². The molecule has 2 aliphatic rings. The number of rotatable bonds is 16. The first kappa shape index (κ1) is 42.1. The first-order valence-corrected chi connectivity index (χ1v) is 23.4. The third-order valence-electron chi connectivity index (χ3n) is 10.8. The van der Waals surface area contributed by atoms with E-state index in [9.17, 15) is 14.2 Å². The van der Waals surface area contributed by atoms with Gasteiger partial charge in [-0.05, 0) is 90.3 Å². The molecule has 0 aliphatic carbocycles. The molecule has 1 atom stereocenters. The third kappa shape index (κ3) is 10.2. The maximum absolute atomic E-state index is 13.5. The Balaban J connectivity index is 0.910. The Kier molecular flexibility index (Phi) is 13.5. The zero-order valence-corrected chi connectivity index (χ0v) is 36.3. The summed E-state index contributed by atoms with van der Waals surface area (Å²) in [4.78, 5) is 48.9. The number of piperidine rings is 2. The summed E-state index contributed by atoms with van der Waals surface area (Å²) in [5.41, 5.74) is 6.87.